The highest BCUT2D eigenvalue weighted by Crippen LogP contribution is 2.25. The monoisotopic (exact) mass is 330 g/mol. The lowest BCUT2D eigenvalue weighted by Crippen LogP contribution is -2.32. The minimum atomic E-state index is -0.357. The van der Waals surface area contributed by atoms with E-state index in [0.29, 0.717) is 23.0 Å². The van der Waals surface area contributed by atoms with Gasteiger partial charge in [0.1, 0.15) is 0 Å². The average molecular weight is 331 g/mol. The topological polar surface area (TPSA) is 66.6 Å². The number of nitro groups is 1. The van der Waals surface area contributed by atoms with E-state index in [1.165, 1.54) is 6.07 Å². The highest BCUT2D eigenvalue weighted by molar-refractivity contribution is 9.10. The van der Waals surface area contributed by atoms with Crippen molar-refractivity contribution >= 4 is 21.6 Å². The summed E-state index contributed by atoms with van der Waals surface area (Å²) < 4.78 is 0.703. The second kappa shape index (κ2) is 7.57. The van der Waals surface area contributed by atoms with Gasteiger partial charge in [0.05, 0.1) is 4.92 Å². The lowest BCUT2D eigenvalue weighted by Gasteiger charge is -2.26. The van der Waals surface area contributed by atoms with Crippen molar-refractivity contribution in [1.29, 1.82) is 0 Å². The van der Waals surface area contributed by atoms with Gasteiger partial charge in [0.15, 0.2) is 0 Å². The van der Waals surface area contributed by atoms with Crippen molar-refractivity contribution in [3.05, 3.63) is 38.3 Å². The van der Waals surface area contributed by atoms with Crippen molar-refractivity contribution in [3.63, 3.8) is 0 Å². The summed E-state index contributed by atoms with van der Waals surface area (Å²) in [4.78, 5) is 12.8. The van der Waals surface area contributed by atoms with Crippen LogP contribution in [-0.2, 0) is 6.54 Å². The van der Waals surface area contributed by atoms with Gasteiger partial charge in [-0.25, -0.2) is 0 Å². The van der Waals surface area contributed by atoms with Crippen molar-refractivity contribution in [2.45, 2.75) is 32.9 Å². The van der Waals surface area contributed by atoms with E-state index in [4.69, 9.17) is 5.11 Å². The number of rotatable bonds is 7. The molecule has 0 aliphatic rings. The zero-order chi connectivity index (χ0) is 14.4. The first-order valence-electron chi connectivity index (χ1n) is 6.23. The number of aliphatic hydroxyl groups excluding tert-OH is 1. The Morgan fingerprint density at radius 1 is 1.47 bits per heavy atom. The SMILES string of the molecule is CC(C)N(CCCO)Cc1ccc(Br)cc1[N+](=O)[O-]. The lowest BCUT2D eigenvalue weighted by molar-refractivity contribution is -0.385. The Kier molecular flexibility index (Phi) is 6.41. The van der Waals surface area contributed by atoms with Crippen LogP contribution in [-0.4, -0.2) is 34.1 Å². The third kappa shape index (κ3) is 4.89. The quantitative estimate of drug-likeness (QED) is 0.616. The Labute approximate surface area is 121 Å². The fraction of sp³-hybridized carbons (Fsp3) is 0.538. The average Bonchev–Trinajstić information content (AvgIpc) is 2.35. The molecule has 0 saturated carbocycles. The molecule has 0 aliphatic heterocycles. The predicted octanol–water partition coefficient (Wildman–Crippen LogP) is 2.95. The largest absolute Gasteiger partial charge is 0.396 e. The van der Waals surface area contributed by atoms with Gasteiger partial charge < -0.3 is 5.11 Å². The van der Waals surface area contributed by atoms with Gasteiger partial charge in [0.2, 0.25) is 0 Å². The van der Waals surface area contributed by atoms with E-state index in [0.717, 1.165) is 6.54 Å². The molecule has 0 fully saturated rings. The predicted molar refractivity (Wildman–Crippen MR) is 78.0 cm³/mol. The molecule has 1 aromatic rings. The summed E-state index contributed by atoms with van der Waals surface area (Å²) in [5, 5.41) is 20.0. The molecular weight excluding hydrogens is 312 g/mol. The van der Waals surface area contributed by atoms with E-state index in [1.54, 1.807) is 6.07 Å². The first-order valence-corrected chi connectivity index (χ1v) is 7.02. The first kappa shape index (κ1) is 16.1. The molecule has 1 N–H and O–H groups in total. The number of halogens is 1. The van der Waals surface area contributed by atoms with Crippen LogP contribution in [0, 0.1) is 10.1 Å². The van der Waals surface area contributed by atoms with Gasteiger partial charge >= 0.3 is 0 Å². The van der Waals surface area contributed by atoms with Gasteiger partial charge in [-0.3, -0.25) is 15.0 Å². The molecule has 0 radical (unpaired) electrons. The molecule has 0 atom stereocenters. The van der Waals surface area contributed by atoms with Crippen LogP contribution in [0.5, 0.6) is 0 Å². The van der Waals surface area contributed by atoms with Crippen LogP contribution in [0.15, 0.2) is 22.7 Å². The first-order chi connectivity index (χ1) is 8.95. The van der Waals surface area contributed by atoms with Gasteiger partial charge in [-0.2, -0.15) is 0 Å². The number of hydrogen-bond acceptors (Lipinski definition) is 4. The van der Waals surface area contributed by atoms with Crippen LogP contribution in [0.4, 0.5) is 5.69 Å². The van der Waals surface area contributed by atoms with Crippen molar-refractivity contribution in [2.24, 2.45) is 0 Å². The summed E-state index contributed by atoms with van der Waals surface area (Å²) in [5.74, 6) is 0. The normalized spacial score (nSPS) is 11.3. The molecule has 5 nitrogen and oxygen atoms in total. The van der Waals surface area contributed by atoms with Gasteiger partial charge in [0, 0.05) is 41.8 Å². The van der Waals surface area contributed by atoms with Gasteiger partial charge in [-0.1, -0.05) is 15.9 Å². The standard InChI is InChI=1S/C13H19BrN2O3/c1-10(2)15(6-3-7-17)9-11-4-5-12(14)8-13(11)16(18)19/h4-5,8,10,17H,3,6-7,9H2,1-2H3. The number of benzene rings is 1. The third-order valence-corrected chi connectivity index (χ3v) is 3.44. The Bertz CT molecular complexity index is 438. The highest BCUT2D eigenvalue weighted by atomic mass is 79.9. The molecule has 0 heterocycles. The van der Waals surface area contributed by atoms with E-state index in [1.807, 2.05) is 19.9 Å². The molecule has 0 amide bonds. The van der Waals surface area contributed by atoms with Gasteiger partial charge in [-0.15, -0.1) is 0 Å². The Morgan fingerprint density at radius 2 is 2.16 bits per heavy atom. The van der Waals surface area contributed by atoms with E-state index < -0.39 is 0 Å². The number of nitro benzene ring substituents is 1. The molecule has 0 spiro atoms. The molecule has 0 aliphatic carbocycles. The number of hydrogen-bond donors (Lipinski definition) is 1. The minimum Gasteiger partial charge on any atom is -0.396 e. The van der Waals surface area contributed by atoms with E-state index >= 15 is 0 Å². The van der Waals surface area contributed by atoms with Crippen LogP contribution < -0.4 is 0 Å². The van der Waals surface area contributed by atoms with Crippen molar-refractivity contribution < 1.29 is 10.0 Å². The highest BCUT2D eigenvalue weighted by Gasteiger charge is 2.18. The van der Waals surface area contributed by atoms with Gasteiger partial charge in [0.25, 0.3) is 5.69 Å². The molecule has 106 valence electrons. The maximum Gasteiger partial charge on any atom is 0.275 e. The maximum atomic E-state index is 11.1. The summed E-state index contributed by atoms with van der Waals surface area (Å²) >= 11 is 3.25. The molecule has 6 heteroatoms. The van der Waals surface area contributed by atoms with Crippen molar-refractivity contribution in [1.82, 2.24) is 4.90 Å². The minimum absolute atomic E-state index is 0.129. The molecule has 0 unspecified atom stereocenters. The summed E-state index contributed by atoms with van der Waals surface area (Å²) in [6.45, 7) is 5.46. The smallest absolute Gasteiger partial charge is 0.275 e. The molecule has 0 saturated heterocycles. The second-order valence-electron chi connectivity index (χ2n) is 4.67. The second-order valence-corrected chi connectivity index (χ2v) is 5.59. The van der Waals surface area contributed by atoms with Crippen LogP contribution in [0.25, 0.3) is 0 Å². The lowest BCUT2D eigenvalue weighted by atomic mass is 10.1. The van der Waals surface area contributed by atoms with Crippen LogP contribution in [0.3, 0.4) is 0 Å². The van der Waals surface area contributed by atoms with Crippen LogP contribution >= 0.6 is 15.9 Å². The Hall–Kier alpha value is -0.980. The van der Waals surface area contributed by atoms with E-state index in [-0.39, 0.29) is 23.3 Å². The van der Waals surface area contributed by atoms with E-state index in [9.17, 15) is 10.1 Å². The fourth-order valence-electron chi connectivity index (χ4n) is 1.85. The molecular formula is C13H19BrN2O3. The fourth-order valence-corrected chi connectivity index (χ4v) is 2.20. The summed E-state index contributed by atoms with van der Waals surface area (Å²) in [6.07, 6.45) is 0.669. The molecule has 1 aromatic carbocycles. The number of aliphatic hydroxyl groups is 1. The van der Waals surface area contributed by atoms with Crippen LogP contribution in [0.2, 0.25) is 0 Å². The van der Waals surface area contributed by atoms with E-state index in [2.05, 4.69) is 20.8 Å². The summed E-state index contributed by atoms with van der Waals surface area (Å²) in [6, 6.07) is 5.39. The van der Waals surface area contributed by atoms with Crippen molar-refractivity contribution in [2.75, 3.05) is 13.2 Å². The Balaban J connectivity index is 2.92. The molecule has 1 rings (SSSR count). The summed E-state index contributed by atoms with van der Waals surface area (Å²) in [5.41, 5.74) is 0.823. The van der Waals surface area contributed by atoms with Gasteiger partial charge in [-0.05, 0) is 32.4 Å². The maximum absolute atomic E-state index is 11.1. The zero-order valence-electron chi connectivity index (χ0n) is 11.2. The van der Waals surface area contributed by atoms with Crippen LogP contribution in [0.1, 0.15) is 25.8 Å². The molecule has 0 aromatic heterocycles. The summed E-state index contributed by atoms with van der Waals surface area (Å²) in [7, 11) is 0. The van der Waals surface area contributed by atoms with Crippen molar-refractivity contribution in [3.8, 4) is 0 Å². The molecule has 0 bridgehead atoms. The zero-order valence-corrected chi connectivity index (χ0v) is 12.8. The number of nitrogens with zero attached hydrogens (tertiary/aromatic N) is 2. The third-order valence-electron chi connectivity index (χ3n) is 2.95. The Morgan fingerprint density at radius 3 is 2.68 bits per heavy atom. The molecule has 19 heavy (non-hydrogen) atoms.